The number of halogens is 1. The molecule has 160 valence electrons. The summed E-state index contributed by atoms with van der Waals surface area (Å²) in [5, 5.41) is 17.6. The summed E-state index contributed by atoms with van der Waals surface area (Å²) in [6.07, 6.45) is 1.86. The largest absolute Gasteiger partial charge is 0.372 e. The van der Waals surface area contributed by atoms with Crippen molar-refractivity contribution in [2.24, 2.45) is 0 Å². The molecule has 1 heterocycles. The van der Waals surface area contributed by atoms with Crippen LogP contribution in [0.3, 0.4) is 0 Å². The smallest absolute Gasteiger partial charge is 0.293 e. The number of nitrogens with zero attached hydrogens (tertiary/aromatic N) is 2. The molecule has 2 aromatic rings. The fraction of sp³-hybridized carbons (Fsp3) is 0.333. The van der Waals surface area contributed by atoms with Gasteiger partial charge in [0.05, 0.1) is 10.5 Å². The van der Waals surface area contributed by atoms with Gasteiger partial charge in [-0.15, -0.1) is 12.4 Å². The Morgan fingerprint density at radius 1 is 1.17 bits per heavy atom. The summed E-state index contributed by atoms with van der Waals surface area (Å²) in [4.78, 5) is 38.4. The van der Waals surface area contributed by atoms with Gasteiger partial charge in [-0.05, 0) is 37.6 Å². The van der Waals surface area contributed by atoms with E-state index in [-0.39, 0.29) is 46.7 Å². The molecule has 1 amide bonds. The number of hydrogen-bond acceptors (Lipinski definition) is 6. The number of benzene rings is 2. The second kappa shape index (κ2) is 10.2. The predicted octanol–water partition coefficient (Wildman–Crippen LogP) is 2.80. The third-order valence-corrected chi connectivity index (χ3v) is 4.96. The predicted molar refractivity (Wildman–Crippen MR) is 118 cm³/mol. The van der Waals surface area contributed by atoms with Crippen molar-refractivity contribution in [1.29, 1.82) is 0 Å². The molecule has 1 aliphatic heterocycles. The first-order chi connectivity index (χ1) is 13.9. The Kier molecular flexibility index (Phi) is 7.91. The maximum absolute atomic E-state index is 13.1. The lowest BCUT2D eigenvalue weighted by Gasteiger charge is -2.24. The van der Waals surface area contributed by atoms with E-state index < -0.39 is 10.7 Å². The Morgan fingerprint density at radius 3 is 2.47 bits per heavy atom. The zero-order valence-corrected chi connectivity index (χ0v) is 17.7. The zero-order chi connectivity index (χ0) is 21.0. The number of piperidine rings is 1. The number of nitro benzene ring substituents is 1. The monoisotopic (exact) mass is 432 g/mol. The first-order valence-electron chi connectivity index (χ1n) is 9.49. The molecule has 9 heteroatoms. The second-order valence-electron chi connectivity index (χ2n) is 7.25. The van der Waals surface area contributed by atoms with Crippen LogP contribution in [0.2, 0.25) is 0 Å². The van der Waals surface area contributed by atoms with Crippen LogP contribution in [0.25, 0.3) is 0 Å². The number of carbonyl (C=O) groups is 2. The molecule has 0 spiro atoms. The van der Waals surface area contributed by atoms with Gasteiger partial charge in [-0.3, -0.25) is 19.7 Å². The van der Waals surface area contributed by atoms with E-state index in [0.29, 0.717) is 12.2 Å². The molecule has 1 fully saturated rings. The Balaban J connectivity index is 0.00000320. The molecule has 2 aromatic carbocycles. The summed E-state index contributed by atoms with van der Waals surface area (Å²) in [6, 6.07) is 10.9. The lowest BCUT2D eigenvalue weighted by atomic mass is 9.96. The van der Waals surface area contributed by atoms with Crippen LogP contribution >= 0.6 is 12.4 Å². The van der Waals surface area contributed by atoms with Gasteiger partial charge in [0.1, 0.15) is 5.69 Å². The van der Waals surface area contributed by atoms with Crippen molar-refractivity contribution in [3.8, 4) is 0 Å². The quantitative estimate of drug-likeness (QED) is 0.413. The highest BCUT2D eigenvalue weighted by Gasteiger charge is 2.24. The summed E-state index contributed by atoms with van der Waals surface area (Å²) < 4.78 is 0. The van der Waals surface area contributed by atoms with Gasteiger partial charge in [-0.25, -0.2) is 0 Å². The van der Waals surface area contributed by atoms with Gasteiger partial charge in [-0.1, -0.05) is 18.2 Å². The molecule has 0 radical (unpaired) electrons. The van der Waals surface area contributed by atoms with Crippen LogP contribution in [-0.2, 0) is 0 Å². The van der Waals surface area contributed by atoms with Crippen LogP contribution in [0, 0.1) is 10.1 Å². The van der Waals surface area contributed by atoms with Crippen LogP contribution in [-0.4, -0.2) is 49.8 Å². The average Bonchev–Trinajstić information content (AvgIpc) is 2.73. The van der Waals surface area contributed by atoms with E-state index in [1.165, 1.54) is 6.07 Å². The van der Waals surface area contributed by atoms with Gasteiger partial charge in [0.2, 0.25) is 0 Å². The number of ketones is 1. The second-order valence-corrected chi connectivity index (χ2v) is 7.25. The molecule has 2 N–H and O–H groups in total. The summed E-state index contributed by atoms with van der Waals surface area (Å²) in [5.41, 5.74) is 0.906. The van der Waals surface area contributed by atoms with E-state index in [2.05, 4.69) is 10.6 Å². The maximum atomic E-state index is 13.1. The van der Waals surface area contributed by atoms with Gasteiger partial charge in [0.15, 0.2) is 5.78 Å². The van der Waals surface area contributed by atoms with Crippen molar-refractivity contribution in [3.63, 3.8) is 0 Å². The molecule has 1 atom stereocenters. The minimum absolute atomic E-state index is 0. The van der Waals surface area contributed by atoms with Crippen LogP contribution in [0.15, 0.2) is 42.5 Å². The maximum Gasteiger partial charge on any atom is 0.293 e. The van der Waals surface area contributed by atoms with Crippen molar-refractivity contribution in [3.05, 3.63) is 69.3 Å². The fourth-order valence-electron chi connectivity index (χ4n) is 3.46. The van der Waals surface area contributed by atoms with E-state index in [4.69, 9.17) is 0 Å². The number of carbonyl (C=O) groups excluding carboxylic acids is 2. The Morgan fingerprint density at radius 2 is 1.87 bits per heavy atom. The first kappa shape index (κ1) is 23.3. The van der Waals surface area contributed by atoms with Crippen molar-refractivity contribution in [2.75, 3.05) is 32.1 Å². The zero-order valence-electron chi connectivity index (χ0n) is 16.9. The molecule has 8 nitrogen and oxygen atoms in total. The summed E-state index contributed by atoms with van der Waals surface area (Å²) in [5.74, 6) is -0.743. The molecule has 0 bridgehead atoms. The average molecular weight is 433 g/mol. The van der Waals surface area contributed by atoms with Gasteiger partial charge < -0.3 is 15.5 Å². The Bertz CT molecular complexity index is 942. The highest BCUT2D eigenvalue weighted by Crippen LogP contribution is 2.29. The molecule has 1 saturated heterocycles. The van der Waals surface area contributed by atoms with Crippen LogP contribution in [0.5, 0.6) is 0 Å². The lowest BCUT2D eigenvalue weighted by Crippen LogP contribution is -2.45. The van der Waals surface area contributed by atoms with E-state index in [1.54, 1.807) is 55.4 Å². The molecule has 3 rings (SSSR count). The number of hydrogen-bond donors (Lipinski definition) is 2. The third kappa shape index (κ3) is 5.14. The first-order valence-corrected chi connectivity index (χ1v) is 9.49. The number of anilines is 1. The standard InChI is InChI=1S/C21H24N4O4.ClH/c1-24(2)18-10-9-14(12-19(18)25(28)29)20(26)16-7-3-4-8-17(16)21(27)23-15-6-5-11-22-13-15;/h3-4,7-10,12,15,22H,5-6,11,13H2,1-2H3,(H,23,27);1H/t15-;/m0./s1. The third-order valence-electron chi connectivity index (χ3n) is 4.96. The molecule has 0 aliphatic carbocycles. The normalized spacial score (nSPS) is 15.6. The van der Waals surface area contributed by atoms with E-state index in [0.717, 1.165) is 19.4 Å². The summed E-state index contributed by atoms with van der Waals surface area (Å²) >= 11 is 0. The lowest BCUT2D eigenvalue weighted by molar-refractivity contribution is -0.384. The van der Waals surface area contributed by atoms with Crippen LogP contribution < -0.4 is 15.5 Å². The van der Waals surface area contributed by atoms with E-state index >= 15 is 0 Å². The Hall–Kier alpha value is -2.97. The summed E-state index contributed by atoms with van der Waals surface area (Å²) in [7, 11) is 3.40. The number of nitrogens with one attached hydrogen (secondary N) is 2. The van der Waals surface area contributed by atoms with E-state index in [1.807, 2.05) is 0 Å². The SMILES string of the molecule is CN(C)c1ccc(C(=O)c2ccccc2C(=O)N[C@H]2CCCNC2)cc1[N+](=O)[O-].Cl. The number of amides is 1. The molecule has 0 saturated carbocycles. The van der Waals surface area contributed by atoms with Gasteiger partial charge in [0, 0.05) is 43.9 Å². The van der Waals surface area contributed by atoms with Crippen molar-refractivity contribution in [1.82, 2.24) is 10.6 Å². The number of nitro groups is 1. The number of rotatable bonds is 6. The Labute approximate surface area is 181 Å². The van der Waals surface area contributed by atoms with Crippen LogP contribution in [0.1, 0.15) is 39.1 Å². The fourth-order valence-corrected chi connectivity index (χ4v) is 3.46. The van der Waals surface area contributed by atoms with Gasteiger partial charge in [0.25, 0.3) is 11.6 Å². The van der Waals surface area contributed by atoms with Crippen molar-refractivity contribution < 1.29 is 14.5 Å². The van der Waals surface area contributed by atoms with Gasteiger partial charge >= 0.3 is 0 Å². The van der Waals surface area contributed by atoms with Gasteiger partial charge in [-0.2, -0.15) is 0 Å². The molecule has 0 aromatic heterocycles. The molecular weight excluding hydrogens is 408 g/mol. The molecular formula is C21H25ClN4O4. The molecule has 1 aliphatic rings. The molecule has 30 heavy (non-hydrogen) atoms. The van der Waals surface area contributed by atoms with Crippen LogP contribution in [0.4, 0.5) is 11.4 Å². The highest BCUT2D eigenvalue weighted by molar-refractivity contribution is 6.15. The topological polar surface area (TPSA) is 105 Å². The molecule has 0 unspecified atom stereocenters. The van der Waals surface area contributed by atoms with Crippen molar-refractivity contribution in [2.45, 2.75) is 18.9 Å². The highest BCUT2D eigenvalue weighted by atomic mass is 35.5. The minimum atomic E-state index is -0.513. The minimum Gasteiger partial charge on any atom is -0.372 e. The van der Waals surface area contributed by atoms with Crippen molar-refractivity contribution >= 4 is 35.5 Å². The summed E-state index contributed by atoms with van der Waals surface area (Å²) in [6.45, 7) is 1.63. The van der Waals surface area contributed by atoms with E-state index in [9.17, 15) is 19.7 Å².